The number of ether oxygens (including phenoxy) is 1. The van der Waals surface area contributed by atoms with Gasteiger partial charge in [0, 0.05) is 11.5 Å². The molecule has 0 aliphatic heterocycles. The summed E-state index contributed by atoms with van der Waals surface area (Å²) in [4.78, 5) is 0. The van der Waals surface area contributed by atoms with Crippen molar-refractivity contribution in [2.75, 3.05) is 13.7 Å². The maximum absolute atomic E-state index is 6.24. The van der Waals surface area contributed by atoms with E-state index < -0.39 is 0 Å². The van der Waals surface area contributed by atoms with Gasteiger partial charge in [0.05, 0.1) is 24.4 Å². The molecule has 2 rings (SSSR count). The molecule has 1 aromatic heterocycles. The van der Waals surface area contributed by atoms with Gasteiger partial charge in [0.2, 0.25) is 0 Å². The minimum Gasteiger partial charge on any atom is -0.493 e. The Morgan fingerprint density at radius 3 is 2.86 bits per heavy atom. The van der Waals surface area contributed by atoms with Gasteiger partial charge in [0.25, 0.3) is 0 Å². The molecule has 114 valence electrons. The Balaban J connectivity index is 2.46. The Morgan fingerprint density at radius 2 is 2.24 bits per heavy atom. The van der Waals surface area contributed by atoms with Gasteiger partial charge in [-0.2, -0.15) is 5.10 Å². The summed E-state index contributed by atoms with van der Waals surface area (Å²) in [7, 11) is 3.57. The normalized spacial score (nSPS) is 12.4. The zero-order chi connectivity index (χ0) is 15.4. The maximum atomic E-state index is 6.24. The maximum Gasteiger partial charge on any atom is 0.161 e. The second kappa shape index (κ2) is 7.29. The molecule has 0 aliphatic rings. The molecule has 4 nitrogen and oxygen atoms in total. The van der Waals surface area contributed by atoms with Crippen LogP contribution in [0.15, 0.2) is 28.9 Å². The molecule has 1 atom stereocenters. The first kappa shape index (κ1) is 16.3. The van der Waals surface area contributed by atoms with Crippen LogP contribution in [0, 0.1) is 0 Å². The molecular weight excluding hydrogens is 354 g/mol. The third-order valence-corrected chi connectivity index (χ3v) is 4.55. The molecule has 0 radical (unpaired) electrons. The number of nitrogens with zero attached hydrogens (tertiary/aromatic N) is 2. The molecule has 2 aromatic rings. The fraction of sp³-hybridized carbons (Fsp3) is 0.400. The van der Waals surface area contributed by atoms with Crippen molar-refractivity contribution in [3.63, 3.8) is 0 Å². The molecule has 0 saturated heterocycles. The lowest BCUT2D eigenvalue weighted by atomic mass is 10.0. The molecule has 0 fully saturated rings. The van der Waals surface area contributed by atoms with Crippen molar-refractivity contribution in [1.29, 1.82) is 0 Å². The number of methoxy groups -OCH3 is 1. The number of halogens is 2. The second-order valence-electron chi connectivity index (χ2n) is 4.78. The van der Waals surface area contributed by atoms with Crippen LogP contribution < -0.4 is 10.1 Å². The second-order valence-corrected chi connectivity index (χ2v) is 6.04. The lowest BCUT2D eigenvalue weighted by molar-refractivity contribution is 0.400. The van der Waals surface area contributed by atoms with Crippen LogP contribution in [-0.2, 0) is 7.05 Å². The van der Waals surface area contributed by atoms with Crippen molar-refractivity contribution in [2.24, 2.45) is 7.05 Å². The molecule has 1 aromatic carbocycles. The summed E-state index contributed by atoms with van der Waals surface area (Å²) in [6.07, 6.45) is 2.78. The monoisotopic (exact) mass is 371 g/mol. The Kier molecular flexibility index (Phi) is 5.67. The van der Waals surface area contributed by atoms with Crippen LogP contribution in [0.5, 0.6) is 5.75 Å². The van der Waals surface area contributed by atoms with Crippen LogP contribution in [0.4, 0.5) is 0 Å². The topological polar surface area (TPSA) is 39.1 Å². The highest BCUT2D eigenvalue weighted by Crippen LogP contribution is 2.32. The standard InChI is InChI=1S/C15H19BrClN3O/c1-4-7-18-14(10-5-6-11(16)12(17)8-10)15-13(21-3)9-19-20(15)2/h5-6,8-9,14,18H,4,7H2,1-3H3. The average molecular weight is 373 g/mol. The quantitative estimate of drug-likeness (QED) is 0.835. The van der Waals surface area contributed by atoms with Crippen LogP contribution in [0.2, 0.25) is 5.02 Å². The smallest absolute Gasteiger partial charge is 0.161 e. The molecule has 21 heavy (non-hydrogen) atoms. The molecule has 1 heterocycles. The van der Waals surface area contributed by atoms with Gasteiger partial charge in [-0.15, -0.1) is 0 Å². The van der Waals surface area contributed by atoms with E-state index in [1.807, 2.05) is 23.9 Å². The number of nitrogens with one attached hydrogen (secondary N) is 1. The number of hydrogen-bond acceptors (Lipinski definition) is 3. The molecule has 0 aliphatic carbocycles. The van der Waals surface area contributed by atoms with E-state index >= 15 is 0 Å². The van der Waals surface area contributed by atoms with Crippen LogP contribution >= 0.6 is 27.5 Å². The minimum atomic E-state index is -0.0157. The molecular formula is C15H19BrClN3O. The van der Waals surface area contributed by atoms with Crippen LogP contribution in [-0.4, -0.2) is 23.4 Å². The summed E-state index contributed by atoms with van der Waals surface area (Å²) >= 11 is 9.67. The highest BCUT2D eigenvalue weighted by molar-refractivity contribution is 9.10. The summed E-state index contributed by atoms with van der Waals surface area (Å²) in [6, 6.07) is 5.96. The summed E-state index contributed by atoms with van der Waals surface area (Å²) in [5.74, 6) is 0.769. The number of hydrogen-bond donors (Lipinski definition) is 1. The van der Waals surface area contributed by atoms with Gasteiger partial charge in [-0.05, 0) is 46.6 Å². The molecule has 6 heteroatoms. The van der Waals surface area contributed by atoms with Gasteiger partial charge in [0.15, 0.2) is 5.75 Å². The Bertz CT molecular complexity index is 615. The van der Waals surface area contributed by atoms with E-state index in [0.717, 1.165) is 34.4 Å². The van der Waals surface area contributed by atoms with Gasteiger partial charge in [0.1, 0.15) is 5.69 Å². The van der Waals surface area contributed by atoms with E-state index in [4.69, 9.17) is 16.3 Å². The predicted octanol–water partition coefficient (Wildman–Crippen LogP) is 3.93. The summed E-state index contributed by atoms with van der Waals surface area (Å²) in [5, 5.41) is 8.52. The largest absolute Gasteiger partial charge is 0.493 e. The van der Waals surface area contributed by atoms with Gasteiger partial charge in [-0.25, -0.2) is 0 Å². The van der Waals surface area contributed by atoms with E-state index in [1.165, 1.54) is 0 Å². The fourth-order valence-corrected chi connectivity index (χ4v) is 2.70. The molecule has 0 bridgehead atoms. The Morgan fingerprint density at radius 1 is 1.48 bits per heavy atom. The number of benzene rings is 1. The van der Waals surface area contributed by atoms with Crippen molar-refractivity contribution in [2.45, 2.75) is 19.4 Å². The SMILES string of the molecule is CCCNC(c1ccc(Br)c(Cl)c1)c1c(OC)cnn1C. The van der Waals surface area contributed by atoms with Gasteiger partial charge in [-0.3, -0.25) is 4.68 Å². The molecule has 0 saturated carbocycles. The van der Waals surface area contributed by atoms with Crippen LogP contribution in [0.3, 0.4) is 0 Å². The van der Waals surface area contributed by atoms with Crippen LogP contribution in [0.1, 0.15) is 30.6 Å². The Hall–Kier alpha value is -1.04. The number of aryl methyl sites for hydroxylation is 1. The van der Waals surface area contributed by atoms with Crippen molar-refractivity contribution in [3.8, 4) is 5.75 Å². The van der Waals surface area contributed by atoms with Gasteiger partial charge >= 0.3 is 0 Å². The van der Waals surface area contributed by atoms with E-state index in [1.54, 1.807) is 13.3 Å². The van der Waals surface area contributed by atoms with E-state index in [-0.39, 0.29) is 6.04 Å². The summed E-state index contributed by atoms with van der Waals surface area (Å²) in [5.41, 5.74) is 2.07. The third-order valence-electron chi connectivity index (χ3n) is 3.32. The molecule has 0 amide bonds. The van der Waals surface area contributed by atoms with Gasteiger partial charge in [-0.1, -0.05) is 24.6 Å². The third kappa shape index (κ3) is 3.59. The van der Waals surface area contributed by atoms with E-state index in [0.29, 0.717) is 5.02 Å². The number of aromatic nitrogens is 2. The van der Waals surface area contributed by atoms with Crippen molar-refractivity contribution >= 4 is 27.5 Å². The first-order valence-electron chi connectivity index (χ1n) is 6.82. The zero-order valence-electron chi connectivity index (χ0n) is 12.4. The molecule has 1 unspecified atom stereocenters. The lowest BCUT2D eigenvalue weighted by Crippen LogP contribution is -2.25. The first-order chi connectivity index (χ1) is 10.1. The lowest BCUT2D eigenvalue weighted by Gasteiger charge is -2.21. The van der Waals surface area contributed by atoms with Crippen molar-refractivity contribution < 1.29 is 4.74 Å². The van der Waals surface area contributed by atoms with Crippen molar-refractivity contribution in [1.82, 2.24) is 15.1 Å². The predicted molar refractivity (Wildman–Crippen MR) is 89.0 cm³/mol. The molecule has 0 spiro atoms. The fourth-order valence-electron chi connectivity index (χ4n) is 2.27. The van der Waals surface area contributed by atoms with E-state index in [9.17, 15) is 0 Å². The highest BCUT2D eigenvalue weighted by atomic mass is 79.9. The Labute approximate surface area is 138 Å². The highest BCUT2D eigenvalue weighted by Gasteiger charge is 2.22. The van der Waals surface area contributed by atoms with E-state index in [2.05, 4.69) is 39.3 Å². The average Bonchev–Trinajstić information content (AvgIpc) is 2.84. The number of rotatable bonds is 6. The van der Waals surface area contributed by atoms with Crippen LogP contribution in [0.25, 0.3) is 0 Å². The summed E-state index contributed by atoms with van der Waals surface area (Å²) < 4.78 is 8.16. The van der Waals surface area contributed by atoms with Gasteiger partial charge < -0.3 is 10.1 Å². The van der Waals surface area contributed by atoms with Crippen molar-refractivity contribution in [3.05, 3.63) is 45.1 Å². The first-order valence-corrected chi connectivity index (χ1v) is 7.99. The summed E-state index contributed by atoms with van der Waals surface area (Å²) in [6.45, 7) is 3.03. The zero-order valence-corrected chi connectivity index (χ0v) is 14.7. The minimum absolute atomic E-state index is 0.0157. The molecule has 1 N–H and O–H groups in total.